The standard InChI is InChI=1S/C18H20FN7O/c19-15-3-1-2-14(10-15)17-16(11-21-23-17)18(27)25-7-4-24(5-8-25)6-9-26-13-20-12-22-26/h1-3,10-13H,4-9H2,(H,21,23). The van der Waals surface area contributed by atoms with Gasteiger partial charge in [0.05, 0.1) is 24.0 Å². The molecule has 0 radical (unpaired) electrons. The van der Waals surface area contributed by atoms with Gasteiger partial charge in [-0.2, -0.15) is 10.2 Å². The highest BCUT2D eigenvalue weighted by molar-refractivity contribution is 5.99. The fourth-order valence-corrected chi connectivity index (χ4v) is 3.25. The van der Waals surface area contributed by atoms with Crippen LogP contribution in [-0.4, -0.2) is 73.4 Å². The Hall–Kier alpha value is -3.07. The maximum atomic E-state index is 13.5. The molecule has 1 amide bonds. The Balaban J connectivity index is 1.38. The molecule has 1 aromatic carbocycles. The molecule has 3 aromatic rings. The molecule has 140 valence electrons. The number of H-pyrrole nitrogens is 1. The molecule has 1 aliphatic rings. The minimum Gasteiger partial charge on any atom is -0.336 e. The van der Waals surface area contributed by atoms with Crippen LogP contribution in [-0.2, 0) is 6.54 Å². The van der Waals surface area contributed by atoms with E-state index in [0.29, 0.717) is 29.9 Å². The van der Waals surface area contributed by atoms with Crippen LogP contribution < -0.4 is 0 Å². The van der Waals surface area contributed by atoms with E-state index in [0.717, 1.165) is 26.2 Å². The molecule has 3 heterocycles. The zero-order valence-electron chi connectivity index (χ0n) is 14.8. The van der Waals surface area contributed by atoms with Gasteiger partial charge in [0, 0.05) is 38.3 Å². The van der Waals surface area contributed by atoms with Gasteiger partial charge in [-0.3, -0.25) is 19.5 Å². The highest BCUT2D eigenvalue weighted by Gasteiger charge is 2.25. The van der Waals surface area contributed by atoms with E-state index in [2.05, 4.69) is 25.2 Å². The first-order valence-corrected chi connectivity index (χ1v) is 8.84. The second-order valence-electron chi connectivity index (χ2n) is 6.46. The van der Waals surface area contributed by atoms with Crippen LogP contribution in [0.25, 0.3) is 11.3 Å². The van der Waals surface area contributed by atoms with Crippen molar-refractivity contribution in [2.24, 2.45) is 0 Å². The molecule has 1 fully saturated rings. The fraction of sp³-hybridized carbons (Fsp3) is 0.333. The number of amides is 1. The first-order chi connectivity index (χ1) is 13.2. The van der Waals surface area contributed by atoms with Crippen molar-refractivity contribution in [3.8, 4) is 11.3 Å². The van der Waals surface area contributed by atoms with E-state index in [1.807, 2.05) is 4.90 Å². The number of halogens is 1. The number of carbonyl (C=O) groups is 1. The molecule has 0 aliphatic carbocycles. The summed E-state index contributed by atoms with van der Waals surface area (Å²) < 4.78 is 15.3. The minimum absolute atomic E-state index is 0.0843. The normalized spacial score (nSPS) is 15.2. The molecule has 0 bridgehead atoms. The Kier molecular flexibility index (Phi) is 4.93. The number of aromatic nitrogens is 5. The average Bonchev–Trinajstić information content (AvgIpc) is 3.38. The summed E-state index contributed by atoms with van der Waals surface area (Å²) in [6.45, 7) is 4.53. The number of carbonyl (C=O) groups excluding carboxylic acids is 1. The van der Waals surface area contributed by atoms with E-state index in [4.69, 9.17) is 0 Å². The van der Waals surface area contributed by atoms with Gasteiger partial charge in [-0.25, -0.2) is 9.37 Å². The van der Waals surface area contributed by atoms with Crippen LogP contribution >= 0.6 is 0 Å². The van der Waals surface area contributed by atoms with Crippen molar-refractivity contribution in [2.75, 3.05) is 32.7 Å². The number of hydrogen-bond donors (Lipinski definition) is 1. The third kappa shape index (κ3) is 3.87. The molecule has 27 heavy (non-hydrogen) atoms. The van der Waals surface area contributed by atoms with Crippen molar-refractivity contribution in [3.63, 3.8) is 0 Å². The Morgan fingerprint density at radius 1 is 1.19 bits per heavy atom. The van der Waals surface area contributed by atoms with Crippen molar-refractivity contribution >= 4 is 5.91 Å². The predicted octanol–water partition coefficient (Wildman–Crippen LogP) is 1.27. The summed E-state index contributed by atoms with van der Waals surface area (Å²) in [6.07, 6.45) is 4.74. The third-order valence-electron chi connectivity index (χ3n) is 4.75. The van der Waals surface area contributed by atoms with Crippen molar-refractivity contribution in [1.82, 2.24) is 34.8 Å². The van der Waals surface area contributed by atoms with E-state index in [9.17, 15) is 9.18 Å². The van der Waals surface area contributed by atoms with Crippen LogP contribution in [0.15, 0.2) is 43.1 Å². The van der Waals surface area contributed by atoms with Gasteiger partial charge in [0.15, 0.2) is 0 Å². The van der Waals surface area contributed by atoms with Crippen LogP contribution in [0.4, 0.5) is 4.39 Å². The van der Waals surface area contributed by atoms with E-state index in [-0.39, 0.29) is 11.7 Å². The molecule has 0 spiro atoms. The smallest absolute Gasteiger partial charge is 0.257 e. The van der Waals surface area contributed by atoms with Gasteiger partial charge >= 0.3 is 0 Å². The van der Waals surface area contributed by atoms with Crippen LogP contribution in [0.2, 0.25) is 0 Å². The quantitative estimate of drug-likeness (QED) is 0.732. The molecule has 9 heteroatoms. The first-order valence-electron chi connectivity index (χ1n) is 8.84. The molecule has 1 N–H and O–H groups in total. The summed E-state index contributed by atoms with van der Waals surface area (Å²) in [5, 5.41) is 10.9. The second kappa shape index (κ2) is 7.67. The van der Waals surface area contributed by atoms with Crippen molar-refractivity contribution in [3.05, 3.63) is 54.5 Å². The number of benzene rings is 1. The first kappa shape index (κ1) is 17.3. The van der Waals surface area contributed by atoms with Gasteiger partial charge in [0.1, 0.15) is 18.5 Å². The lowest BCUT2D eigenvalue weighted by Crippen LogP contribution is -2.49. The van der Waals surface area contributed by atoms with Crippen LogP contribution in [0.3, 0.4) is 0 Å². The number of aromatic amines is 1. The van der Waals surface area contributed by atoms with Crippen molar-refractivity contribution in [1.29, 1.82) is 0 Å². The van der Waals surface area contributed by atoms with Crippen LogP contribution in [0.5, 0.6) is 0 Å². The zero-order chi connectivity index (χ0) is 18.6. The molecule has 1 saturated heterocycles. The number of nitrogens with zero attached hydrogens (tertiary/aromatic N) is 6. The maximum absolute atomic E-state index is 13.5. The van der Waals surface area contributed by atoms with E-state index in [1.165, 1.54) is 24.7 Å². The van der Waals surface area contributed by atoms with Gasteiger partial charge < -0.3 is 4.90 Å². The predicted molar refractivity (Wildman–Crippen MR) is 96.3 cm³/mol. The lowest BCUT2D eigenvalue weighted by Gasteiger charge is -2.34. The second-order valence-corrected chi connectivity index (χ2v) is 6.46. The number of hydrogen-bond acceptors (Lipinski definition) is 5. The average molecular weight is 369 g/mol. The molecule has 0 unspecified atom stereocenters. The summed E-state index contributed by atoms with van der Waals surface area (Å²) >= 11 is 0. The maximum Gasteiger partial charge on any atom is 0.257 e. The zero-order valence-corrected chi connectivity index (χ0v) is 14.8. The molecule has 4 rings (SSSR count). The van der Waals surface area contributed by atoms with Gasteiger partial charge in [-0.05, 0) is 12.1 Å². The molecular weight excluding hydrogens is 349 g/mol. The Bertz CT molecular complexity index is 900. The monoisotopic (exact) mass is 369 g/mol. The largest absolute Gasteiger partial charge is 0.336 e. The molecule has 0 saturated carbocycles. The highest BCUT2D eigenvalue weighted by Crippen LogP contribution is 2.23. The van der Waals surface area contributed by atoms with E-state index in [1.54, 1.807) is 23.1 Å². The number of piperazine rings is 1. The summed E-state index contributed by atoms with van der Waals surface area (Å²) in [6, 6.07) is 6.15. The summed E-state index contributed by atoms with van der Waals surface area (Å²) in [4.78, 5) is 21.0. The minimum atomic E-state index is -0.346. The van der Waals surface area contributed by atoms with E-state index >= 15 is 0 Å². The Labute approximate surface area is 155 Å². The summed E-state index contributed by atoms with van der Waals surface area (Å²) in [7, 11) is 0. The van der Waals surface area contributed by atoms with Gasteiger partial charge in [0.25, 0.3) is 5.91 Å². The number of nitrogens with one attached hydrogen (secondary N) is 1. The molecule has 8 nitrogen and oxygen atoms in total. The van der Waals surface area contributed by atoms with Crippen molar-refractivity contribution < 1.29 is 9.18 Å². The summed E-state index contributed by atoms with van der Waals surface area (Å²) in [5.74, 6) is -0.430. The fourth-order valence-electron chi connectivity index (χ4n) is 3.25. The lowest BCUT2D eigenvalue weighted by molar-refractivity contribution is 0.0632. The Morgan fingerprint density at radius 2 is 2.04 bits per heavy atom. The molecule has 0 atom stereocenters. The molecule has 1 aliphatic heterocycles. The summed E-state index contributed by atoms with van der Waals surface area (Å²) in [5.41, 5.74) is 1.63. The van der Waals surface area contributed by atoms with Gasteiger partial charge in [-0.15, -0.1) is 0 Å². The van der Waals surface area contributed by atoms with Gasteiger partial charge in [-0.1, -0.05) is 12.1 Å². The SMILES string of the molecule is O=C(c1cn[nH]c1-c1cccc(F)c1)N1CCN(CCn2cncn2)CC1. The van der Waals surface area contributed by atoms with Crippen LogP contribution in [0, 0.1) is 5.82 Å². The topological polar surface area (TPSA) is 82.9 Å². The third-order valence-corrected chi connectivity index (χ3v) is 4.75. The van der Waals surface area contributed by atoms with E-state index < -0.39 is 0 Å². The highest BCUT2D eigenvalue weighted by atomic mass is 19.1. The lowest BCUT2D eigenvalue weighted by atomic mass is 10.1. The van der Waals surface area contributed by atoms with Gasteiger partial charge in [0.2, 0.25) is 0 Å². The molecular formula is C18H20FN7O. The van der Waals surface area contributed by atoms with Crippen LogP contribution in [0.1, 0.15) is 10.4 Å². The molecule has 2 aromatic heterocycles. The number of rotatable bonds is 5. The Morgan fingerprint density at radius 3 is 2.78 bits per heavy atom. The van der Waals surface area contributed by atoms with Crippen molar-refractivity contribution in [2.45, 2.75) is 6.54 Å².